The molecule has 0 aromatic heterocycles. The fourth-order valence-electron chi connectivity index (χ4n) is 1.02. The number of nitrogens with one attached hydrogen (secondary N) is 1. The molecule has 2 heteroatoms. The van der Waals surface area contributed by atoms with Gasteiger partial charge in [-0.3, -0.25) is 0 Å². The van der Waals surface area contributed by atoms with Gasteiger partial charge in [-0.15, -0.1) is 0 Å². The second-order valence-corrected chi connectivity index (χ2v) is 2.21. The van der Waals surface area contributed by atoms with Crippen LogP contribution in [0.2, 0.25) is 0 Å². The van der Waals surface area contributed by atoms with Crippen LogP contribution in [0.3, 0.4) is 0 Å². The van der Waals surface area contributed by atoms with Gasteiger partial charge in [-0.1, -0.05) is 12.2 Å². The monoisotopic (exact) mass is 134 g/mol. The first-order valence-electron chi connectivity index (χ1n) is 3.28. The second kappa shape index (κ2) is 2.14. The van der Waals surface area contributed by atoms with Gasteiger partial charge in [-0.05, 0) is 6.08 Å². The zero-order valence-electron chi connectivity index (χ0n) is 5.50. The van der Waals surface area contributed by atoms with E-state index in [1.165, 1.54) is 0 Å². The fraction of sp³-hybridized carbons (Fsp3) is 0.125. The first kappa shape index (κ1) is 5.47. The number of rotatable bonds is 0. The van der Waals surface area contributed by atoms with E-state index in [1.54, 1.807) is 12.5 Å². The maximum absolute atomic E-state index is 5.21. The van der Waals surface area contributed by atoms with E-state index < -0.39 is 0 Å². The minimum absolute atomic E-state index is 0.935. The quantitative estimate of drug-likeness (QED) is 0.489. The topological polar surface area (TPSA) is 23.2 Å². The molecule has 1 aliphatic heterocycles. The van der Waals surface area contributed by atoms with Gasteiger partial charge < -0.3 is 4.74 Å². The molecule has 0 unspecified atom stereocenters. The summed E-state index contributed by atoms with van der Waals surface area (Å²) in [6, 6.07) is 0. The van der Waals surface area contributed by atoms with Crippen molar-refractivity contribution >= 4 is 5.71 Å². The Kier molecular flexibility index (Phi) is 1.17. The van der Waals surface area contributed by atoms with Crippen LogP contribution >= 0.6 is 0 Å². The van der Waals surface area contributed by atoms with Crippen molar-refractivity contribution in [2.45, 2.75) is 6.42 Å². The Morgan fingerprint density at radius 2 is 2.50 bits per heavy atom. The van der Waals surface area contributed by atoms with Crippen LogP contribution in [0.5, 0.6) is 0 Å². The zero-order chi connectivity index (χ0) is 6.81. The summed E-state index contributed by atoms with van der Waals surface area (Å²) >= 11 is 0. The van der Waals surface area contributed by atoms with Gasteiger partial charge in [0.15, 0.2) is 12.0 Å². The molecule has 2 aliphatic rings. The van der Waals surface area contributed by atoms with Crippen LogP contribution in [0.15, 0.2) is 36.4 Å². The number of hydrogen-bond donors (Lipinski definition) is 1. The summed E-state index contributed by atoms with van der Waals surface area (Å²) in [6.45, 7) is 0. The smallest absolute Gasteiger partial charge is 0.226 e. The Morgan fingerprint density at radius 1 is 1.50 bits per heavy atom. The summed E-state index contributed by atoms with van der Waals surface area (Å²) in [4.78, 5) is 3.11. The van der Waals surface area contributed by atoms with Crippen LogP contribution < -0.4 is 4.99 Å². The minimum atomic E-state index is 0.935. The summed E-state index contributed by atoms with van der Waals surface area (Å²) in [5.41, 5.74) is 1.14. The predicted octanol–water partition coefficient (Wildman–Crippen LogP) is -0.147. The lowest BCUT2D eigenvalue weighted by Crippen LogP contribution is -2.68. The molecule has 0 fully saturated rings. The van der Waals surface area contributed by atoms with Crippen LogP contribution in [0.4, 0.5) is 0 Å². The van der Waals surface area contributed by atoms with E-state index in [2.05, 4.69) is 11.1 Å². The maximum Gasteiger partial charge on any atom is 0.226 e. The van der Waals surface area contributed by atoms with Crippen LogP contribution in [-0.2, 0) is 4.74 Å². The molecule has 0 amide bonds. The molecule has 0 saturated carbocycles. The van der Waals surface area contributed by atoms with Crippen LogP contribution in [0, 0.1) is 0 Å². The average Bonchev–Trinajstić information content (AvgIpc) is 2.05. The second-order valence-electron chi connectivity index (χ2n) is 2.21. The van der Waals surface area contributed by atoms with E-state index in [1.807, 2.05) is 12.2 Å². The van der Waals surface area contributed by atoms with Crippen molar-refractivity contribution in [3.05, 3.63) is 36.4 Å². The average molecular weight is 134 g/mol. The van der Waals surface area contributed by atoms with E-state index in [0.29, 0.717) is 0 Å². The standard InChI is InChI=1S/C8H7NO/c1-2-4-8-7(3-1)9-5-6-10-8/h1-2,4-6H,3H2/p+1. The van der Waals surface area contributed by atoms with Crippen molar-refractivity contribution in [1.29, 1.82) is 0 Å². The summed E-state index contributed by atoms with van der Waals surface area (Å²) in [7, 11) is 0. The number of ether oxygens (including phenoxy) is 1. The van der Waals surface area contributed by atoms with Crippen molar-refractivity contribution in [3.8, 4) is 0 Å². The molecule has 2 nitrogen and oxygen atoms in total. The fourth-order valence-corrected chi connectivity index (χ4v) is 1.02. The van der Waals surface area contributed by atoms with E-state index >= 15 is 0 Å². The number of hydrogen-bond acceptors (Lipinski definition) is 1. The largest absolute Gasteiger partial charge is 0.452 e. The third-order valence-corrected chi connectivity index (χ3v) is 1.52. The highest BCUT2D eigenvalue weighted by Gasteiger charge is 2.16. The van der Waals surface area contributed by atoms with E-state index in [4.69, 9.17) is 4.74 Å². The van der Waals surface area contributed by atoms with Gasteiger partial charge in [0.25, 0.3) is 0 Å². The number of allylic oxidation sites excluding steroid dienone is 4. The Hall–Kier alpha value is -1.31. The van der Waals surface area contributed by atoms with E-state index in [9.17, 15) is 0 Å². The molecular weight excluding hydrogens is 126 g/mol. The molecule has 0 atom stereocenters. The summed E-state index contributed by atoms with van der Waals surface area (Å²) in [6.07, 6.45) is 10.4. The third-order valence-electron chi connectivity index (χ3n) is 1.52. The van der Waals surface area contributed by atoms with Gasteiger partial charge in [0, 0.05) is 0 Å². The predicted molar refractivity (Wildman–Crippen MR) is 38.0 cm³/mol. The lowest BCUT2D eigenvalue weighted by Gasteiger charge is -2.07. The van der Waals surface area contributed by atoms with E-state index in [0.717, 1.165) is 17.9 Å². The first-order valence-corrected chi connectivity index (χ1v) is 3.28. The normalized spacial score (nSPS) is 20.8. The zero-order valence-corrected chi connectivity index (χ0v) is 5.50. The number of fused-ring (bicyclic) bond motifs is 1. The van der Waals surface area contributed by atoms with E-state index in [-0.39, 0.29) is 0 Å². The highest BCUT2D eigenvalue weighted by Crippen LogP contribution is 2.08. The SMILES string of the molecule is C1=CCC2=[NH+]C=COC2=C1. The molecular formula is C8H8NO+. The van der Waals surface area contributed by atoms with Crippen molar-refractivity contribution in [2.24, 2.45) is 0 Å². The Labute approximate surface area is 59.2 Å². The van der Waals surface area contributed by atoms with Crippen LogP contribution in [-0.4, -0.2) is 5.71 Å². The lowest BCUT2D eigenvalue weighted by atomic mass is 10.1. The molecule has 1 N–H and O–H groups in total. The first-order chi connectivity index (χ1) is 4.97. The Balaban J connectivity index is 2.38. The molecule has 1 heterocycles. The Bertz CT molecular complexity index is 230. The van der Waals surface area contributed by atoms with Gasteiger partial charge in [-0.25, -0.2) is 4.99 Å². The third kappa shape index (κ3) is 0.778. The van der Waals surface area contributed by atoms with Crippen molar-refractivity contribution in [2.75, 3.05) is 0 Å². The van der Waals surface area contributed by atoms with Crippen molar-refractivity contribution in [3.63, 3.8) is 0 Å². The van der Waals surface area contributed by atoms with Gasteiger partial charge in [-0.2, -0.15) is 0 Å². The van der Waals surface area contributed by atoms with Crippen molar-refractivity contribution in [1.82, 2.24) is 0 Å². The Morgan fingerprint density at radius 3 is 3.40 bits per heavy atom. The van der Waals surface area contributed by atoms with Crippen molar-refractivity contribution < 1.29 is 9.73 Å². The molecule has 50 valence electrons. The van der Waals surface area contributed by atoms with Gasteiger partial charge in [0.2, 0.25) is 11.9 Å². The molecule has 0 saturated heterocycles. The van der Waals surface area contributed by atoms with Gasteiger partial charge in [0.1, 0.15) is 0 Å². The van der Waals surface area contributed by atoms with Crippen LogP contribution in [0.25, 0.3) is 0 Å². The van der Waals surface area contributed by atoms with Gasteiger partial charge >= 0.3 is 0 Å². The minimum Gasteiger partial charge on any atom is -0.452 e. The molecule has 1 aliphatic carbocycles. The molecule has 2 rings (SSSR count). The maximum atomic E-state index is 5.21. The van der Waals surface area contributed by atoms with Crippen LogP contribution in [0.1, 0.15) is 6.42 Å². The molecule has 0 aromatic rings. The van der Waals surface area contributed by atoms with Gasteiger partial charge in [0.05, 0.1) is 6.42 Å². The lowest BCUT2D eigenvalue weighted by molar-refractivity contribution is -0.379. The molecule has 10 heavy (non-hydrogen) atoms. The summed E-state index contributed by atoms with van der Waals surface area (Å²) < 4.78 is 5.21. The highest BCUT2D eigenvalue weighted by molar-refractivity contribution is 5.96. The molecule has 0 bridgehead atoms. The molecule has 0 spiro atoms. The molecule has 0 radical (unpaired) electrons. The molecule has 0 aromatic carbocycles. The summed E-state index contributed by atoms with van der Waals surface area (Å²) in [5.74, 6) is 0.935. The summed E-state index contributed by atoms with van der Waals surface area (Å²) in [5, 5.41) is 0. The highest BCUT2D eigenvalue weighted by atomic mass is 16.5.